The number of sulfonamides is 1. The number of carbonyl (C=O) groups is 1. The molecule has 1 unspecified atom stereocenters. The monoisotopic (exact) mass is 393 g/mol. The summed E-state index contributed by atoms with van der Waals surface area (Å²) in [5, 5.41) is 2.24. The van der Waals surface area contributed by atoms with Crippen LogP contribution in [0.15, 0.2) is 6.07 Å². The lowest BCUT2D eigenvalue weighted by Gasteiger charge is -2.23. The van der Waals surface area contributed by atoms with Gasteiger partial charge in [-0.1, -0.05) is 19.9 Å². The zero-order valence-electron chi connectivity index (χ0n) is 16.6. The molecule has 2 amide bonds. The maximum atomic E-state index is 12.6. The third-order valence-electron chi connectivity index (χ3n) is 5.89. The minimum atomic E-state index is -3.73. The van der Waals surface area contributed by atoms with E-state index in [2.05, 4.69) is 16.1 Å². The fraction of sp³-hybridized carbons (Fsp3) is 0.650. The van der Waals surface area contributed by atoms with Gasteiger partial charge in [0.15, 0.2) is 0 Å². The zero-order valence-corrected chi connectivity index (χ0v) is 17.4. The summed E-state index contributed by atoms with van der Waals surface area (Å²) in [6.45, 7) is 7.62. The van der Waals surface area contributed by atoms with Crippen molar-refractivity contribution in [2.75, 3.05) is 25.0 Å². The summed E-state index contributed by atoms with van der Waals surface area (Å²) in [6.07, 6.45) is 6.16. The van der Waals surface area contributed by atoms with Crippen LogP contribution in [-0.4, -0.2) is 44.2 Å². The molecule has 0 saturated carbocycles. The Morgan fingerprint density at radius 2 is 1.63 bits per heavy atom. The van der Waals surface area contributed by atoms with Crippen LogP contribution in [0, 0.1) is 0 Å². The van der Waals surface area contributed by atoms with Gasteiger partial charge in [0.05, 0.1) is 5.25 Å². The van der Waals surface area contributed by atoms with Gasteiger partial charge in [-0.2, -0.15) is 0 Å². The number of benzene rings is 1. The Balaban J connectivity index is 1.73. The van der Waals surface area contributed by atoms with Crippen LogP contribution in [0.1, 0.15) is 55.9 Å². The lowest BCUT2D eigenvalue weighted by molar-refractivity contribution is 0.256. The predicted molar refractivity (Wildman–Crippen MR) is 109 cm³/mol. The van der Waals surface area contributed by atoms with Crippen LogP contribution >= 0.6 is 0 Å². The Kier molecular flexibility index (Phi) is 6.11. The molecule has 2 N–H and O–H groups in total. The van der Waals surface area contributed by atoms with E-state index in [0.29, 0.717) is 6.54 Å². The fourth-order valence-corrected chi connectivity index (χ4v) is 5.20. The van der Waals surface area contributed by atoms with Crippen LogP contribution in [0.3, 0.4) is 0 Å². The second-order valence-corrected chi connectivity index (χ2v) is 9.73. The first-order valence-electron chi connectivity index (χ1n) is 10.1. The molecule has 2 aliphatic rings. The molecule has 1 aromatic rings. The van der Waals surface area contributed by atoms with E-state index in [-0.39, 0.29) is 0 Å². The van der Waals surface area contributed by atoms with E-state index >= 15 is 0 Å². The Morgan fingerprint density at radius 3 is 2.15 bits per heavy atom. The smallest absolute Gasteiger partial charge is 0.307 e. The summed E-state index contributed by atoms with van der Waals surface area (Å²) in [5.41, 5.74) is 5.87. The van der Waals surface area contributed by atoms with Crippen molar-refractivity contribution in [3.63, 3.8) is 0 Å². The zero-order chi connectivity index (χ0) is 19.6. The van der Waals surface area contributed by atoms with Crippen molar-refractivity contribution in [2.45, 2.75) is 64.5 Å². The summed E-state index contributed by atoms with van der Waals surface area (Å²) >= 11 is 0. The molecule has 150 valence electrons. The molecule has 0 bridgehead atoms. The maximum absolute atomic E-state index is 12.6. The normalized spacial score (nSPS) is 16.9. The molecular weight excluding hydrogens is 362 g/mol. The molecule has 1 aromatic carbocycles. The summed E-state index contributed by atoms with van der Waals surface area (Å²) in [4.78, 5) is 14.6. The average molecular weight is 394 g/mol. The highest BCUT2D eigenvalue weighted by Gasteiger charge is 2.28. The Labute approximate surface area is 162 Å². The molecule has 2 aliphatic carbocycles. The lowest BCUT2D eigenvalue weighted by Crippen LogP contribution is -2.44. The number of nitrogens with zero attached hydrogens (tertiary/aromatic N) is 1. The molecule has 0 saturated heterocycles. The van der Waals surface area contributed by atoms with E-state index in [4.69, 9.17) is 0 Å². The first kappa shape index (κ1) is 20.1. The molecule has 0 heterocycles. The number of urea groups is 1. The SMILES string of the molecule is CCN(CC)CC(C)S(=O)(=O)NC(=O)Nc1c2c(cc3c1CCC3)CCC2. The first-order chi connectivity index (χ1) is 12.9. The van der Waals surface area contributed by atoms with Crippen LogP contribution in [0.25, 0.3) is 0 Å². The van der Waals surface area contributed by atoms with Crippen molar-refractivity contribution < 1.29 is 13.2 Å². The number of hydrogen-bond acceptors (Lipinski definition) is 4. The fourth-order valence-electron chi connectivity index (χ4n) is 4.28. The van der Waals surface area contributed by atoms with Gasteiger partial charge in [-0.15, -0.1) is 0 Å². The van der Waals surface area contributed by atoms with Gasteiger partial charge in [0.25, 0.3) is 0 Å². The number of anilines is 1. The number of fused-ring (bicyclic) bond motifs is 2. The van der Waals surface area contributed by atoms with Gasteiger partial charge in [0, 0.05) is 12.2 Å². The van der Waals surface area contributed by atoms with Gasteiger partial charge in [-0.05, 0) is 80.8 Å². The first-order valence-corrected chi connectivity index (χ1v) is 11.6. The van der Waals surface area contributed by atoms with Crippen LogP contribution < -0.4 is 10.0 Å². The van der Waals surface area contributed by atoms with E-state index < -0.39 is 21.3 Å². The van der Waals surface area contributed by atoms with E-state index in [1.165, 1.54) is 22.3 Å². The van der Waals surface area contributed by atoms with Gasteiger partial charge >= 0.3 is 6.03 Å². The minimum absolute atomic E-state index is 0.408. The van der Waals surface area contributed by atoms with Crippen LogP contribution in [0.2, 0.25) is 0 Å². The highest BCUT2D eigenvalue weighted by molar-refractivity contribution is 7.90. The van der Waals surface area contributed by atoms with Crippen LogP contribution in [-0.2, 0) is 35.7 Å². The van der Waals surface area contributed by atoms with Crippen molar-refractivity contribution in [1.82, 2.24) is 9.62 Å². The van der Waals surface area contributed by atoms with Gasteiger partial charge < -0.3 is 10.2 Å². The summed E-state index contributed by atoms with van der Waals surface area (Å²) in [5.74, 6) is 0. The summed E-state index contributed by atoms with van der Waals surface area (Å²) in [6, 6.07) is 1.65. The average Bonchev–Trinajstić information content (AvgIpc) is 3.27. The van der Waals surface area contributed by atoms with E-state index in [9.17, 15) is 13.2 Å². The van der Waals surface area contributed by atoms with Gasteiger partial charge in [0.2, 0.25) is 10.0 Å². The molecule has 0 spiro atoms. The van der Waals surface area contributed by atoms with Crippen molar-refractivity contribution in [2.24, 2.45) is 0 Å². The number of aryl methyl sites for hydroxylation is 2. The summed E-state index contributed by atoms with van der Waals surface area (Å²) in [7, 11) is -3.73. The molecule has 0 aromatic heterocycles. The molecule has 0 aliphatic heterocycles. The summed E-state index contributed by atoms with van der Waals surface area (Å²) < 4.78 is 27.4. The molecule has 1 atom stereocenters. The Hall–Kier alpha value is -1.60. The highest BCUT2D eigenvalue weighted by Crippen LogP contribution is 2.38. The van der Waals surface area contributed by atoms with Gasteiger partial charge in [-0.25, -0.2) is 17.9 Å². The van der Waals surface area contributed by atoms with Crippen molar-refractivity contribution in [3.8, 4) is 0 Å². The lowest BCUT2D eigenvalue weighted by atomic mass is 9.99. The number of hydrogen-bond donors (Lipinski definition) is 2. The van der Waals surface area contributed by atoms with Crippen molar-refractivity contribution >= 4 is 21.7 Å². The Bertz CT molecular complexity index is 784. The second kappa shape index (κ2) is 8.19. The largest absolute Gasteiger partial charge is 0.332 e. The topological polar surface area (TPSA) is 78.5 Å². The van der Waals surface area contributed by atoms with Crippen molar-refractivity contribution in [1.29, 1.82) is 0 Å². The van der Waals surface area contributed by atoms with E-state index in [1.807, 2.05) is 18.7 Å². The number of amides is 2. The number of rotatable bonds is 7. The molecule has 3 rings (SSSR count). The Morgan fingerprint density at radius 1 is 1.07 bits per heavy atom. The molecule has 0 fully saturated rings. The standard InChI is InChI=1S/C20H31N3O3S/c1-4-23(5-2)13-14(3)27(25,26)22-20(24)21-19-17-10-6-8-15(17)12-16-9-7-11-18(16)19/h12,14H,4-11,13H2,1-3H3,(H2,21,22,24). The highest BCUT2D eigenvalue weighted by atomic mass is 32.2. The molecule has 7 heteroatoms. The number of nitrogens with one attached hydrogen (secondary N) is 2. The minimum Gasteiger partial charge on any atom is -0.307 e. The predicted octanol–water partition coefficient (Wildman–Crippen LogP) is 2.85. The van der Waals surface area contributed by atoms with E-state index in [1.54, 1.807) is 6.92 Å². The second-order valence-electron chi connectivity index (χ2n) is 7.63. The van der Waals surface area contributed by atoms with Crippen molar-refractivity contribution in [3.05, 3.63) is 28.3 Å². The van der Waals surface area contributed by atoms with Crippen LogP contribution in [0.4, 0.5) is 10.5 Å². The third-order valence-corrected chi connectivity index (χ3v) is 7.56. The van der Waals surface area contributed by atoms with E-state index in [0.717, 1.165) is 57.3 Å². The van der Waals surface area contributed by atoms with Crippen LogP contribution in [0.5, 0.6) is 0 Å². The van der Waals surface area contributed by atoms with Gasteiger partial charge in [-0.3, -0.25) is 0 Å². The quantitative estimate of drug-likeness (QED) is 0.747. The van der Waals surface area contributed by atoms with Gasteiger partial charge in [0.1, 0.15) is 0 Å². The molecule has 0 radical (unpaired) electrons. The molecular formula is C20H31N3O3S. The molecule has 27 heavy (non-hydrogen) atoms. The number of carbonyl (C=O) groups excluding carboxylic acids is 1. The molecule has 6 nitrogen and oxygen atoms in total. The maximum Gasteiger partial charge on any atom is 0.332 e. The third kappa shape index (κ3) is 4.29.